The molecular weight excluding hydrogens is 372 g/mol. The summed E-state index contributed by atoms with van der Waals surface area (Å²) in [6.45, 7) is 11.1. The lowest BCUT2D eigenvalue weighted by molar-refractivity contribution is 0.467. The number of allylic oxidation sites excluding steroid dienone is 4. The Hall–Kier alpha value is -1.48. The Morgan fingerprint density at radius 3 is 2.69 bits per heavy atom. The molecule has 0 bridgehead atoms. The van der Waals surface area contributed by atoms with Crippen molar-refractivity contribution in [2.75, 3.05) is 25.9 Å². The van der Waals surface area contributed by atoms with E-state index >= 15 is 0 Å². The van der Waals surface area contributed by atoms with Gasteiger partial charge in [-0.2, -0.15) is 0 Å². The van der Waals surface area contributed by atoms with Crippen LogP contribution in [0.4, 0.5) is 0 Å². The summed E-state index contributed by atoms with van der Waals surface area (Å²) >= 11 is 2.00. The van der Waals surface area contributed by atoms with Crippen molar-refractivity contribution in [3.05, 3.63) is 53.1 Å². The van der Waals surface area contributed by atoms with Gasteiger partial charge in [-0.15, -0.1) is 11.8 Å². The monoisotopic (exact) mass is 412 g/mol. The summed E-state index contributed by atoms with van der Waals surface area (Å²) in [7, 11) is 2.16. The first-order chi connectivity index (χ1) is 14.0. The zero-order chi connectivity index (χ0) is 21.1. The maximum absolute atomic E-state index is 4.79. The Kier molecular flexibility index (Phi) is 10.6. The third kappa shape index (κ3) is 8.82. The number of aliphatic imine (C=N–C) groups is 1. The van der Waals surface area contributed by atoms with E-state index in [-0.39, 0.29) is 0 Å². The maximum atomic E-state index is 4.79. The molecule has 0 saturated heterocycles. The van der Waals surface area contributed by atoms with E-state index in [1.807, 2.05) is 11.8 Å². The molecule has 1 atom stereocenters. The molecule has 160 valence electrons. The number of thioether (sulfide) groups is 1. The van der Waals surface area contributed by atoms with Gasteiger partial charge in [-0.05, 0) is 77.0 Å². The summed E-state index contributed by atoms with van der Waals surface area (Å²) in [5.74, 6) is 3.12. The molecule has 0 aliphatic carbocycles. The highest BCUT2D eigenvalue weighted by molar-refractivity contribution is 7.99. The van der Waals surface area contributed by atoms with Gasteiger partial charge in [0.1, 0.15) is 5.84 Å². The molecule has 0 spiro atoms. The zero-order valence-electron chi connectivity index (χ0n) is 19.2. The van der Waals surface area contributed by atoms with Crippen LogP contribution in [-0.2, 0) is 0 Å². The first kappa shape index (κ1) is 23.8. The van der Waals surface area contributed by atoms with Gasteiger partial charge in [-0.1, -0.05) is 48.4 Å². The predicted molar refractivity (Wildman–Crippen MR) is 131 cm³/mol. The van der Waals surface area contributed by atoms with Crippen molar-refractivity contribution in [3.63, 3.8) is 0 Å². The molecule has 0 fully saturated rings. The molecule has 0 aromatic heterocycles. The number of hydrogen-bond acceptors (Lipinski definition) is 3. The standard InChI is InChI=1S/C26H40N2S/c1-21(2)11-8-12-22(3)13-9-14-23(4)17-20-29-25-16-7-6-15-24(25)26-27-18-10-19-28(26)5/h6-7,11,13,15-16,23H,8-10,12,14,17-20H2,1-5H3/b22-13+. The van der Waals surface area contributed by atoms with Gasteiger partial charge >= 0.3 is 0 Å². The first-order valence-electron chi connectivity index (χ1n) is 11.2. The molecule has 1 aliphatic rings. The lowest BCUT2D eigenvalue weighted by Gasteiger charge is -2.26. The quantitative estimate of drug-likeness (QED) is 0.279. The Bertz CT molecular complexity index is 713. The second kappa shape index (κ2) is 13.0. The van der Waals surface area contributed by atoms with Gasteiger partial charge in [0.15, 0.2) is 0 Å². The van der Waals surface area contributed by atoms with Gasteiger partial charge in [0, 0.05) is 30.6 Å². The second-order valence-corrected chi connectivity index (χ2v) is 9.80. The fraction of sp³-hybridized carbons (Fsp3) is 0.577. The molecule has 0 radical (unpaired) electrons. The molecule has 1 aromatic rings. The van der Waals surface area contributed by atoms with Crippen molar-refractivity contribution in [2.45, 2.75) is 71.1 Å². The molecule has 1 aliphatic heterocycles. The zero-order valence-corrected chi connectivity index (χ0v) is 20.0. The molecular formula is C26H40N2S. The highest BCUT2D eigenvalue weighted by Crippen LogP contribution is 2.27. The lowest BCUT2D eigenvalue weighted by Crippen LogP contribution is -2.33. The smallest absolute Gasteiger partial charge is 0.131 e. The number of hydrogen-bond donors (Lipinski definition) is 0. The summed E-state index contributed by atoms with van der Waals surface area (Å²) in [5, 5.41) is 0. The van der Waals surface area contributed by atoms with E-state index in [0.717, 1.165) is 25.4 Å². The van der Waals surface area contributed by atoms with Crippen molar-refractivity contribution in [1.82, 2.24) is 4.90 Å². The summed E-state index contributed by atoms with van der Waals surface area (Å²) in [4.78, 5) is 8.47. The minimum atomic E-state index is 0.770. The Labute approximate surface area is 183 Å². The van der Waals surface area contributed by atoms with Crippen molar-refractivity contribution in [1.29, 1.82) is 0 Å². The van der Waals surface area contributed by atoms with Crippen LogP contribution in [0.5, 0.6) is 0 Å². The molecule has 1 aromatic carbocycles. The SMILES string of the molecule is CC(C)=CCC/C(C)=C/CCC(C)CCSc1ccccc1C1=NCCCN1C. The third-order valence-electron chi connectivity index (χ3n) is 5.51. The topological polar surface area (TPSA) is 15.6 Å². The van der Waals surface area contributed by atoms with Crippen LogP contribution >= 0.6 is 11.8 Å². The third-order valence-corrected chi connectivity index (χ3v) is 6.62. The highest BCUT2D eigenvalue weighted by Gasteiger charge is 2.16. The van der Waals surface area contributed by atoms with Crippen LogP contribution in [0.3, 0.4) is 0 Å². The number of rotatable bonds is 11. The number of nitrogens with zero attached hydrogens (tertiary/aromatic N) is 2. The van der Waals surface area contributed by atoms with Crippen molar-refractivity contribution < 1.29 is 0 Å². The van der Waals surface area contributed by atoms with Gasteiger partial charge in [0.05, 0.1) is 0 Å². The van der Waals surface area contributed by atoms with E-state index in [2.05, 4.69) is 76.1 Å². The Morgan fingerprint density at radius 1 is 1.14 bits per heavy atom. The fourth-order valence-electron chi connectivity index (χ4n) is 3.61. The van der Waals surface area contributed by atoms with E-state index in [1.54, 1.807) is 0 Å². The Balaban J connectivity index is 1.76. The van der Waals surface area contributed by atoms with Crippen LogP contribution in [0, 0.1) is 5.92 Å². The van der Waals surface area contributed by atoms with E-state index in [0.29, 0.717) is 0 Å². The summed E-state index contributed by atoms with van der Waals surface area (Å²) in [6.07, 6.45) is 12.1. The normalized spacial score (nSPS) is 15.8. The first-order valence-corrected chi connectivity index (χ1v) is 12.2. The number of benzene rings is 1. The molecule has 0 saturated carbocycles. The summed E-state index contributed by atoms with van der Waals surface area (Å²) in [6, 6.07) is 8.78. The molecule has 29 heavy (non-hydrogen) atoms. The highest BCUT2D eigenvalue weighted by atomic mass is 32.2. The lowest BCUT2D eigenvalue weighted by atomic mass is 10.0. The van der Waals surface area contributed by atoms with Crippen LogP contribution in [0.2, 0.25) is 0 Å². The second-order valence-electron chi connectivity index (χ2n) is 8.67. The van der Waals surface area contributed by atoms with Gasteiger partial charge < -0.3 is 4.90 Å². The van der Waals surface area contributed by atoms with E-state index < -0.39 is 0 Å². The van der Waals surface area contributed by atoms with Gasteiger partial charge in [0.2, 0.25) is 0 Å². The average Bonchev–Trinajstić information content (AvgIpc) is 2.68. The van der Waals surface area contributed by atoms with Crippen LogP contribution in [0.1, 0.15) is 71.8 Å². The van der Waals surface area contributed by atoms with E-state index in [4.69, 9.17) is 4.99 Å². The summed E-state index contributed by atoms with van der Waals surface area (Å²) < 4.78 is 0. The number of amidine groups is 1. The minimum Gasteiger partial charge on any atom is -0.359 e. The molecule has 2 nitrogen and oxygen atoms in total. The fourth-order valence-corrected chi connectivity index (χ4v) is 4.84. The van der Waals surface area contributed by atoms with Gasteiger partial charge in [-0.3, -0.25) is 4.99 Å². The van der Waals surface area contributed by atoms with Crippen LogP contribution in [-0.4, -0.2) is 36.6 Å². The minimum absolute atomic E-state index is 0.770. The summed E-state index contributed by atoms with van der Waals surface area (Å²) in [5.41, 5.74) is 4.27. The van der Waals surface area contributed by atoms with Crippen molar-refractivity contribution in [3.8, 4) is 0 Å². The predicted octanol–water partition coefficient (Wildman–Crippen LogP) is 7.36. The van der Waals surface area contributed by atoms with E-state index in [1.165, 1.54) is 65.3 Å². The van der Waals surface area contributed by atoms with Gasteiger partial charge in [0.25, 0.3) is 0 Å². The molecule has 2 rings (SSSR count). The van der Waals surface area contributed by atoms with E-state index in [9.17, 15) is 0 Å². The Morgan fingerprint density at radius 2 is 1.93 bits per heavy atom. The van der Waals surface area contributed by atoms with Crippen LogP contribution in [0.25, 0.3) is 0 Å². The maximum Gasteiger partial charge on any atom is 0.131 e. The molecule has 0 amide bonds. The van der Waals surface area contributed by atoms with Gasteiger partial charge in [-0.25, -0.2) is 0 Å². The average molecular weight is 413 g/mol. The largest absolute Gasteiger partial charge is 0.359 e. The molecule has 1 unspecified atom stereocenters. The molecule has 3 heteroatoms. The van der Waals surface area contributed by atoms with Crippen LogP contribution in [0.15, 0.2) is 57.5 Å². The molecule has 1 heterocycles. The van der Waals surface area contributed by atoms with Crippen LogP contribution < -0.4 is 0 Å². The van der Waals surface area contributed by atoms with Crippen molar-refractivity contribution in [2.24, 2.45) is 10.9 Å². The molecule has 0 N–H and O–H groups in total. The van der Waals surface area contributed by atoms with Crippen molar-refractivity contribution >= 4 is 17.6 Å².